The van der Waals surface area contributed by atoms with Crippen LogP contribution in [-0.4, -0.2) is 127 Å². The zero-order chi connectivity index (χ0) is 37.8. The molecule has 54 heavy (non-hydrogen) atoms. The smallest absolute Gasteiger partial charge is 0.262 e. The number of hydrogen-bond acceptors (Lipinski definition) is 8. The fraction of sp³-hybridized carbons (Fsp3) is 0.628. The lowest BCUT2D eigenvalue weighted by atomic mass is 9.63. The van der Waals surface area contributed by atoms with Crippen LogP contribution in [0.15, 0.2) is 48.6 Å². The molecule has 1 unspecified atom stereocenters. The fourth-order valence-electron chi connectivity index (χ4n) is 10.6. The molecule has 1 amide bonds. The second kappa shape index (κ2) is 15.1. The number of hydrogen-bond donors (Lipinski definition) is 1. The van der Waals surface area contributed by atoms with Crippen molar-refractivity contribution in [1.29, 1.82) is 0 Å². The van der Waals surface area contributed by atoms with E-state index in [0.29, 0.717) is 30.0 Å². The van der Waals surface area contributed by atoms with Gasteiger partial charge in [0.05, 0.1) is 22.0 Å². The van der Waals surface area contributed by atoms with Crippen LogP contribution in [0.25, 0.3) is 0 Å². The first-order chi connectivity index (χ1) is 25.9. The number of nitrogens with one attached hydrogen (secondary N) is 1. The lowest BCUT2D eigenvalue weighted by Gasteiger charge is -2.53. The molecule has 2 aliphatic carbocycles. The maximum absolute atomic E-state index is 14.1. The molecule has 0 aromatic heterocycles. The van der Waals surface area contributed by atoms with Crippen molar-refractivity contribution < 1.29 is 18.5 Å². The van der Waals surface area contributed by atoms with Gasteiger partial charge in [-0.05, 0) is 118 Å². The van der Waals surface area contributed by atoms with E-state index in [4.69, 9.17) is 21.1 Å². The number of halogens is 1. The second-order valence-corrected chi connectivity index (χ2v) is 20.4. The highest BCUT2D eigenvalue weighted by Crippen LogP contribution is 2.49. The fourth-order valence-corrected chi connectivity index (χ4v) is 12.2. The van der Waals surface area contributed by atoms with E-state index in [1.807, 2.05) is 32.2 Å². The average molecular weight is 779 g/mol. The summed E-state index contributed by atoms with van der Waals surface area (Å²) in [7, 11) is 1.20. The van der Waals surface area contributed by atoms with Gasteiger partial charge in [-0.3, -0.25) is 19.3 Å². The quantitative estimate of drug-likeness (QED) is 0.324. The zero-order valence-electron chi connectivity index (χ0n) is 32.7. The van der Waals surface area contributed by atoms with Gasteiger partial charge in [-0.15, -0.1) is 0 Å². The molecule has 2 aromatic carbocycles. The van der Waals surface area contributed by atoms with E-state index in [9.17, 15) is 9.00 Å². The second-order valence-electron chi connectivity index (χ2n) is 17.6. The lowest BCUT2D eigenvalue weighted by molar-refractivity contribution is -0.101. The van der Waals surface area contributed by atoms with Crippen LogP contribution < -0.4 is 14.4 Å². The molecule has 9 nitrogen and oxygen atoms in total. The Bertz CT molecular complexity index is 1870. The molecule has 4 aliphatic heterocycles. The van der Waals surface area contributed by atoms with Gasteiger partial charge < -0.3 is 19.3 Å². The monoisotopic (exact) mass is 777 g/mol. The van der Waals surface area contributed by atoms with E-state index in [-0.39, 0.29) is 22.5 Å². The molecule has 11 heteroatoms. The number of allylic oxidation sites excluding steroid dienone is 1. The molecule has 294 valence electrons. The number of piperazine rings is 2. The molecule has 2 bridgehead atoms. The third-order valence-corrected chi connectivity index (χ3v) is 16.6. The zero-order valence-corrected chi connectivity index (χ0v) is 34.3. The molecule has 8 atom stereocenters. The number of nitrogens with zero attached hydrogens (tertiary/aromatic N) is 4. The Morgan fingerprint density at radius 2 is 1.91 bits per heavy atom. The van der Waals surface area contributed by atoms with Gasteiger partial charge in [-0.2, -0.15) is 0 Å². The predicted molar refractivity (Wildman–Crippen MR) is 221 cm³/mol. The van der Waals surface area contributed by atoms with Crippen molar-refractivity contribution in [1.82, 2.24) is 19.4 Å². The standard InChI is InChI=1S/C43H60ClN5O4S/c1-30-8-6-17-43(52-4,28-47-19-21-48-20-18-46(3)25-36(48)26-47)38-13-10-34(38)24-49-27-42(16-7-9-32-22-35(44)12-14-37(32)42)29-53-40-15-11-33(23-39(40)49)41(50)45-54(5,51)31(30)2/h6,11-12,14-15,17,22-23,30-31,34,36,38H,5,7-10,13,16,18-21,24-29H2,1-4H3,(H,45,50,51)/b17-6+/t30-,31+,34-,36+,38+,42-,43+,54?/m0/s1. The van der Waals surface area contributed by atoms with E-state index >= 15 is 0 Å². The highest BCUT2D eigenvalue weighted by atomic mass is 35.5. The predicted octanol–water partition coefficient (Wildman–Crippen LogP) is 5.50. The molecule has 6 aliphatic rings. The normalized spacial score (nSPS) is 37.2. The van der Waals surface area contributed by atoms with Crippen LogP contribution >= 0.6 is 11.6 Å². The number of aryl methyl sites for hydroxylation is 1. The molecule has 2 aromatic rings. The maximum Gasteiger partial charge on any atom is 0.262 e. The number of anilines is 1. The Morgan fingerprint density at radius 1 is 1.07 bits per heavy atom. The summed E-state index contributed by atoms with van der Waals surface area (Å²) in [4.78, 5) is 24.2. The Labute approximate surface area is 328 Å². The summed E-state index contributed by atoms with van der Waals surface area (Å²) in [6.45, 7) is 13.6. The summed E-state index contributed by atoms with van der Waals surface area (Å²) >= 11 is 6.54. The summed E-state index contributed by atoms with van der Waals surface area (Å²) in [6.07, 6.45) is 10.7. The Kier molecular flexibility index (Phi) is 10.7. The summed E-state index contributed by atoms with van der Waals surface area (Å²) < 4.78 is 30.5. The van der Waals surface area contributed by atoms with E-state index in [1.54, 1.807) is 6.07 Å². The molecular weight excluding hydrogens is 718 g/mol. The first-order valence-electron chi connectivity index (χ1n) is 20.3. The summed E-state index contributed by atoms with van der Waals surface area (Å²) in [5, 5.41) is 0.442. The maximum atomic E-state index is 14.1. The number of fused-ring (bicyclic) bond motifs is 5. The highest BCUT2D eigenvalue weighted by Gasteiger charge is 2.50. The SMILES string of the molecule is C=S1(=O)NC(=O)c2ccc3c(c2)N(C[C@@H]2CC[C@H]2[C@@](CN2CCN4CCN(C)C[C@@H]4C2)(OC)/C=C/C[C@H](C)[C@H]1C)C[C@@]1(CCCc2cc(Cl)ccc21)CO3. The van der Waals surface area contributed by atoms with E-state index in [2.05, 4.69) is 68.4 Å². The van der Waals surface area contributed by atoms with Crippen LogP contribution in [0.5, 0.6) is 5.75 Å². The Morgan fingerprint density at radius 3 is 2.70 bits per heavy atom. The van der Waals surface area contributed by atoms with Gasteiger partial charge in [0, 0.05) is 93.3 Å². The van der Waals surface area contributed by atoms with Crippen molar-refractivity contribution in [2.45, 2.75) is 74.7 Å². The number of likely N-dealkylation sites (N-methyl/N-ethyl adjacent to an activating group) is 1. The minimum absolute atomic E-state index is 0.0351. The van der Waals surface area contributed by atoms with Crippen molar-refractivity contribution >= 4 is 38.8 Å². The first kappa shape index (κ1) is 38.3. The van der Waals surface area contributed by atoms with Gasteiger partial charge in [0.15, 0.2) is 0 Å². The van der Waals surface area contributed by atoms with Gasteiger partial charge in [-0.1, -0.05) is 36.7 Å². The number of ether oxygens (including phenoxy) is 2. The average Bonchev–Trinajstić information content (AvgIpc) is 3.28. The van der Waals surface area contributed by atoms with Crippen LogP contribution in [0.4, 0.5) is 5.69 Å². The Hall–Kier alpha value is -2.60. The van der Waals surface area contributed by atoms with E-state index < -0.39 is 15.3 Å². The first-order valence-corrected chi connectivity index (χ1v) is 22.4. The third kappa shape index (κ3) is 7.24. The van der Waals surface area contributed by atoms with Crippen LogP contribution in [0.2, 0.25) is 5.02 Å². The minimum Gasteiger partial charge on any atom is -0.490 e. The van der Waals surface area contributed by atoms with E-state index in [1.165, 1.54) is 11.1 Å². The number of carbonyl (C=O) groups excluding carboxylic acids is 1. The summed E-state index contributed by atoms with van der Waals surface area (Å²) in [6, 6.07) is 12.6. The number of carbonyl (C=O) groups is 1. The van der Waals surface area contributed by atoms with Crippen molar-refractivity contribution in [2.75, 3.05) is 84.6 Å². The molecule has 2 saturated heterocycles. The third-order valence-electron chi connectivity index (χ3n) is 14.2. The number of methoxy groups -OCH3 is 1. The van der Waals surface area contributed by atoms with Gasteiger partial charge in [-0.25, -0.2) is 4.21 Å². The van der Waals surface area contributed by atoms with E-state index in [0.717, 1.165) is 114 Å². The lowest BCUT2D eigenvalue weighted by Crippen LogP contribution is -2.64. The van der Waals surface area contributed by atoms with Gasteiger partial charge in [0.1, 0.15) is 11.4 Å². The van der Waals surface area contributed by atoms with Crippen LogP contribution in [0.1, 0.15) is 67.4 Å². The van der Waals surface area contributed by atoms with Crippen molar-refractivity contribution in [3.8, 4) is 5.75 Å². The van der Waals surface area contributed by atoms with Gasteiger partial charge in [0.25, 0.3) is 5.91 Å². The molecule has 1 saturated carbocycles. The largest absolute Gasteiger partial charge is 0.490 e. The molecular formula is C43H60ClN5O4S. The van der Waals surface area contributed by atoms with Crippen molar-refractivity contribution in [3.05, 3.63) is 70.3 Å². The topological polar surface area (TPSA) is 77.6 Å². The minimum atomic E-state index is -2.96. The van der Waals surface area contributed by atoms with Gasteiger partial charge in [0.2, 0.25) is 0 Å². The van der Waals surface area contributed by atoms with Gasteiger partial charge >= 0.3 is 0 Å². The molecule has 8 rings (SSSR count). The molecule has 3 fully saturated rings. The number of amides is 1. The molecule has 0 radical (unpaired) electrons. The molecule has 1 spiro atoms. The van der Waals surface area contributed by atoms with Crippen molar-refractivity contribution in [2.24, 2.45) is 17.8 Å². The highest BCUT2D eigenvalue weighted by molar-refractivity contribution is 7.99. The summed E-state index contributed by atoms with van der Waals surface area (Å²) in [5.41, 5.74) is 3.33. The van der Waals surface area contributed by atoms with Crippen LogP contribution in [-0.2, 0) is 26.3 Å². The Balaban J connectivity index is 1.18. The van der Waals surface area contributed by atoms with Crippen LogP contribution in [0, 0.1) is 17.8 Å². The molecule has 4 heterocycles. The number of benzene rings is 2. The number of rotatable bonds is 3. The molecule has 1 N–H and O–H groups in total. The van der Waals surface area contributed by atoms with Crippen molar-refractivity contribution in [3.63, 3.8) is 0 Å². The van der Waals surface area contributed by atoms with Crippen LogP contribution in [0.3, 0.4) is 0 Å². The summed E-state index contributed by atoms with van der Waals surface area (Å²) in [5.74, 6) is 5.25.